The fourth-order valence-electron chi connectivity index (χ4n) is 2.26. The second-order valence-electron chi connectivity index (χ2n) is 5.19. The summed E-state index contributed by atoms with van der Waals surface area (Å²) in [5, 5.41) is 9.45. The molecule has 0 radical (unpaired) electrons. The Morgan fingerprint density at radius 2 is 2.09 bits per heavy atom. The van der Waals surface area contributed by atoms with Gasteiger partial charge in [0.15, 0.2) is 11.0 Å². The zero-order chi connectivity index (χ0) is 16.6. The van der Waals surface area contributed by atoms with Crippen molar-refractivity contribution in [1.29, 1.82) is 0 Å². The lowest BCUT2D eigenvalue weighted by Gasteiger charge is -2.11. The molecule has 120 valence electrons. The molecule has 4 nitrogen and oxygen atoms in total. The minimum Gasteiger partial charge on any atom is -0.469 e. The van der Waals surface area contributed by atoms with Gasteiger partial charge in [0, 0.05) is 12.3 Å². The monoisotopic (exact) mass is 351 g/mol. The smallest absolute Gasteiger partial charge is 0.191 e. The van der Waals surface area contributed by atoms with E-state index in [4.69, 9.17) is 16.0 Å². The molecule has 0 saturated heterocycles. The number of nitrogens with zero attached hydrogens (tertiary/aromatic N) is 3. The first-order valence-corrected chi connectivity index (χ1v) is 8.28. The Balaban J connectivity index is 1.84. The molecule has 0 bridgehead atoms. The van der Waals surface area contributed by atoms with Crippen molar-refractivity contribution in [3.63, 3.8) is 0 Å². The van der Waals surface area contributed by atoms with E-state index in [-0.39, 0.29) is 10.3 Å². The third kappa shape index (κ3) is 3.14. The molecule has 0 N–H and O–H groups in total. The third-order valence-electron chi connectivity index (χ3n) is 3.63. The second kappa shape index (κ2) is 6.37. The van der Waals surface area contributed by atoms with Crippen LogP contribution in [0.5, 0.6) is 0 Å². The lowest BCUT2D eigenvalue weighted by Crippen LogP contribution is -1.97. The topological polar surface area (TPSA) is 43.9 Å². The Hall–Kier alpha value is -1.79. The van der Waals surface area contributed by atoms with Crippen LogP contribution in [0.15, 0.2) is 40.1 Å². The summed E-state index contributed by atoms with van der Waals surface area (Å²) < 4.78 is 20.5. The van der Waals surface area contributed by atoms with Crippen molar-refractivity contribution in [3.05, 3.63) is 52.7 Å². The molecule has 0 spiro atoms. The number of aromatic nitrogens is 3. The van der Waals surface area contributed by atoms with Gasteiger partial charge in [-0.05, 0) is 37.6 Å². The minimum absolute atomic E-state index is 0.0642. The zero-order valence-corrected chi connectivity index (χ0v) is 14.5. The summed E-state index contributed by atoms with van der Waals surface area (Å²) >= 11 is 7.39. The maximum Gasteiger partial charge on any atom is 0.191 e. The van der Waals surface area contributed by atoms with Gasteiger partial charge < -0.3 is 8.98 Å². The highest BCUT2D eigenvalue weighted by Gasteiger charge is 2.18. The number of halogens is 2. The first kappa shape index (κ1) is 16.1. The molecule has 0 aliphatic heterocycles. The molecule has 0 saturated carbocycles. The van der Waals surface area contributed by atoms with Crippen molar-refractivity contribution in [2.24, 2.45) is 7.05 Å². The van der Waals surface area contributed by atoms with Crippen molar-refractivity contribution in [3.8, 4) is 11.4 Å². The van der Waals surface area contributed by atoms with Crippen LogP contribution in [0.4, 0.5) is 4.39 Å². The van der Waals surface area contributed by atoms with Crippen LogP contribution >= 0.6 is 23.4 Å². The fourth-order valence-corrected chi connectivity index (χ4v) is 3.38. The van der Waals surface area contributed by atoms with Gasteiger partial charge in [-0.25, -0.2) is 4.39 Å². The number of rotatable bonds is 4. The Bertz CT molecular complexity index is 846. The average molecular weight is 352 g/mol. The molecule has 1 unspecified atom stereocenters. The molecular formula is C16H15ClFN3OS. The van der Waals surface area contributed by atoms with Gasteiger partial charge in [-0.1, -0.05) is 29.4 Å². The van der Waals surface area contributed by atoms with E-state index < -0.39 is 5.82 Å². The number of furan rings is 1. The summed E-state index contributed by atoms with van der Waals surface area (Å²) in [5.41, 5.74) is 1.86. The van der Waals surface area contributed by atoms with E-state index in [1.165, 1.54) is 17.8 Å². The highest BCUT2D eigenvalue weighted by molar-refractivity contribution is 7.99. The van der Waals surface area contributed by atoms with Gasteiger partial charge in [-0.3, -0.25) is 0 Å². The van der Waals surface area contributed by atoms with E-state index in [0.717, 1.165) is 27.9 Å². The molecule has 7 heteroatoms. The molecule has 1 atom stereocenters. The largest absolute Gasteiger partial charge is 0.469 e. The molecule has 3 aromatic rings. The molecule has 3 rings (SSSR count). The number of thioether (sulfide) groups is 1. The summed E-state index contributed by atoms with van der Waals surface area (Å²) in [6.45, 7) is 3.91. The van der Waals surface area contributed by atoms with Crippen LogP contribution in [0.1, 0.15) is 23.5 Å². The van der Waals surface area contributed by atoms with Gasteiger partial charge in [-0.2, -0.15) is 0 Å². The molecule has 2 heterocycles. The van der Waals surface area contributed by atoms with Crippen LogP contribution in [-0.2, 0) is 7.05 Å². The van der Waals surface area contributed by atoms with Crippen molar-refractivity contribution in [2.75, 3.05) is 0 Å². The van der Waals surface area contributed by atoms with Crippen LogP contribution in [-0.4, -0.2) is 14.8 Å². The molecular weight excluding hydrogens is 337 g/mol. The lowest BCUT2D eigenvalue weighted by atomic mass is 10.2. The fraction of sp³-hybridized carbons (Fsp3) is 0.250. The third-order valence-corrected chi connectivity index (χ3v) is 5.11. The molecule has 2 aromatic heterocycles. The van der Waals surface area contributed by atoms with Gasteiger partial charge >= 0.3 is 0 Å². The average Bonchev–Trinajstić information content (AvgIpc) is 3.08. The second-order valence-corrected chi connectivity index (χ2v) is 6.90. The number of aryl methyl sites for hydroxylation is 1. The summed E-state index contributed by atoms with van der Waals surface area (Å²) in [4.78, 5) is 0. The molecule has 0 aliphatic carbocycles. The maximum absolute atomic E-state index is 13.3. The quantitative estimate of drug-likeness (QED) is 0.618. The van der Waals surface area contributed by atoms with E-state index in [0.29, 0.717) is 0 Å². The Morgan fingerprint density at radius 3 is 2.74 bits per heavy atom. The van der Waals surface area contributed by atoms with Gasteiger partial charge in [-0.15, -0.1) is 10.2 Å². The Labute approximate surface area is 142 Å². The maximum atomic E-state index is 13.3. The minimum atomic E-state index is -0.413. The zero-order valence-electron chi connectivity index (χ0n) is 12.9. The van der Waals surface area contributed by atoms with Crippen LogP contribution in [0, 0.1) is 12.7 Å². The van der Waals surface area contributed by atoms with Crippen molar-refractivity contribution in [1.82, 2.24) is 14.8 Å². The summed E-state index contributed by atoms with van der Waals surface area (Å²) in [7, 11) is 1.91. The van der Waals surface area contributed by atoms with Gasteiger partial charge in [0.05, 0.1) is 16.8 Å². The number of hydrogen-bond donors (Lipinski definition) is 0. The van der Waals surface area contributed by atoms with Gasteiger partial charge in [0.25, 0.3) is 0 Å². The highest BCUT2D eigenvalue weighted by Crippen LogP contribution is 2.36. The van der Waals surface area contributed by atoms with Crippen molar-refractivity contribution >= 4 is 23.4 Å². The Morgan fingerprint density at radius 1 is 1.30 bits per heavy atom. The predicted octanol–water partition coefficient (Wildman–Crippen LogP) is 5.03. The number of benzene rings is 1. The van der Waals surface area contributed by atoms with E-state index >= 15 is 0 Å². The first-order valence-electron chi connectivity index (χ1n) is 7.03. The summed E-state index contributed by atoms with van der Waals surface area (Å²) in [6, 6.07) is 6.63. The van der Waals surface area contributed by atoms with Crippen LogP contribution in [0.2, 0.25) is 5.02 Å². The van der Waals surface area contributed by atoms with Crippen LogP contribution < -0.4 is 0 Å². The summed E-state index contributed by atoms with van der Waals surface area (Å²) in [5.74, 6) is 1.14. The molecule has 0 fully saturated rings. The molecule has 0 aliphatic rings. The van der Waals surface area contributed by atoms with E-state index in [9.17, 15) is 4.39 Å². The predicted molar refractivity (Wildman–Crippen MR) is 89.1 cm³/mol. The molecule has 0 amide bonds. The SMILES string of the molecule is Cc1occc1-c1nnc(SC(C)c2ccc(F)c(Cl)c2)n1C. The highest BCUT2D eigenvalue weighted by atomic mass is 35.5. The normalized spacial score (nSPS) is 12.6. The first-order chi connectivity index (χ1) is 11.0. The Kier molecular flexibility index (Phi) is 4.46. The number of hydrogen-bond acceptors (Lipinski definition) is 4. The van der Waals surface area contributed by atoms with Gasteiger partial charge in [0.2, 0.25) is 0 Å². The molecule has 23 heavy (non-hydrogen) atoms. The standard InChI is InChI=1S/C16H15ClFN3OS/c1-9-12(6-7-22-9)15-19-20-16(21(15)3)23-10(2)11-4-5-14(18)13(17)8-11/h4-8,10H,1-3H3. The van der Waals surface area contributed by atoms with E-state index in [1.807, 2.05) is 31.5 Å². The summed E-state index contributed by atoms with van der Waals surface area (Å²) in [6.07, 6.45) is 1.63. The van der Waals surface area contributed by atoms with Crippen LogP contribution in [0.3, 0.4) is 0 Å². The lowest BCUT2D eigenvalue weighted by molar-refractivity contribution is 0.534. The van der Waals surface area contributed by atoms with Crippen molar-refractivity contribution in [2.45, 2.75) is 24.3 Å². The van der Waals surface area contributed by atoms with Gasteiger partial charge in [0.1, 0.15) is 11.6 Å². The van der Waals surface area contributed by atoms with Crippen molar-refractivity contribution < 1.29 is 8.81 Å². The van der Waals surface area contributed by atoms with E-state index in [1.54, 1.807) is 18.4 Å². The van der Waals surface area contributed by atoms with Crippen LogP contribution in [0.25, 0.3) is 11.4 Å². The van der Waals surface area contributed by atoms with E-state index in [2.05, 4.69) is 10.2 Å². The molecule has 1 aromatic carbocycles.